The van der Waals surface area contributed by atoms with Crippen molar-refractivity contribution in [2.24, 2.45) is 5.73 Å². The van der Waals surface area contributed by atoms with Crippen LogP contribution in [0.5, 0.6) is 0 Å². The molecule has 0 spiro atoms. The lowest BCUT2D eigenvalue weighted by molar-refractivity contribution is 0.0719. The Bertz CT molecular complexity index is 444. The number of benzene rings is 1. The predicted octanol–water partition coefficient (Wildman–Crippen LogP) is 2.15. The first-order valence-corrected chi connectivity index (χ1v) is 8.28. The number of hydrogen-bond acceptors (Lipinski definition) is 3. The summed E-state index contributed by atoms with van der Waals surface area (Å²) in [5, 5.41) is 0. The lowest BCUT2D eigenvalue weighted by Crippen LogP contribution is -2.58. The van der Waals surface area contributed by atoms with Crippen molar-refractivity contribution in [2.45, 2.75) is 38.1 Å². The largest absolute Gasteiger partial charge is 0.329 e. The molecule has 1 atom stereocenters. The number of hydrogen-bond donors (Lipinski definition) is 1. The molecule has 0 aromatic heterocycles. The fraction of sp³-hybridized carbons (Fsp3) is 0.667. The van der Waals surface area contributed by atoms with Crippen molar-refractivity contribution in [1.82, 2.24) is 9.80 Å². The maximum absolute atomic E-state index is 6.28. The molecule has 0 radical (unpaired) electrons. The van der Waals surface area contributed by atoms with Gasteiger partial charge in [0.25, 0.3) is 0 Å². The van der Waals surface area contributed by atoms with E-state index in [4.69, 9.17) is 5.73 Å². The zero-order chi connectivity index (χ0) is 15.3. The van der Waals surface area contributed by atoms with E-state index in [0.717, 1.165) is 39.0 Å². The summed E-state index contributed by atoms with van der Waals surface area (Å²) in [5.41, 5.74) is 9.45. The van der Waals surface area contributed by atoms with Gasteiger partial charge >= 0.3 is 0 Å². The second-order valence-electron chi connectivity index (χ2n) is 6.66. The minimum atomic E-state index is 0.153. The van der Waals surface area contributed by atoms with Crippen LogP contribution in [0.3, 0.4) is 0 Å². The molecular formula is C18H31N3. The van der Waals surface area contributed by atoms with Crippen molar-refractivity contribution >= 4 is 0 Å². The van der Waals surface area contributed by atoms with E-state index in [1.807, 2.05) is 0 Å². The van der Waals surface area contributed by atoms with E-state index in [1.165, 1.54) is 24.0 Å². The van der Waals surface area contributed by atoms with Crippen LogP contribution in [-0.4, -0.2) is 55.6 Å². The first-order chi connectivity index (χ1) is 10.1. The molecule has 2 rings (SSSR count). The van der Waals surface area contributed by atoms with Gasteiger partial charge in [0.15, 0.2) is 0 Å². The zero-order valence-electron chi connectivity index (χ0n) is 13.9. The molecule has 0 aliphatic heterocycles. The van der Waals surface area contributed by atoms with Crippen LogP contribution in [0.4, 0.5) is 0 Å². The standard InChI is InChI=1S/C18H31N3/c1-4-11-21(13-12-20(2)3)18(15-19)10-9-16-7-5-6-8-17(16)14-18/h5-8H,4,9-15,19H2,1-3H3. The van der Waals surface area contributed by atoms with Gasteiger partial charge in [-0.15, -0.1) is 0 Å². The Morgan fingerprint density at radius 1 is 1.10 bits per heavy atom. The molecule has 1 aliphatic carbocycles. The monoisotopic (exact) mass is 289 g/mol. The Morgan fingerprint density at radius 2 is 1.81 bits per heavy atom. The van der Waals surface area contributed by atoms with Crippen LogP contribution in [0.2, 0.25) is 0 Å². The maximum atomic E-state index is 6.28. The third-order valence-electron chi connectivity index (χ3n) is 4.86. The van der Waals surface area contributed by atoms with Gasteiger partial charge in [0.05, 0.1) is 0 Å². The average molecular weight is 289 g/mol. The number of rotatable bonds is 7. The van der Waals surface area contributed by atoms with E-state index < -0.39 is 0 Å². The highest BCUT2D eigenvalue weighted by atomic mass is 15.2. The van der Waals surface area contributed by atoms with E-state index in [0.29, 0.717) is 0 Å². The lowest BCUT2D eigenvalue weighted by Gasteiger charge is -2.47. The summed E-state index contributed by atoms with van der Waals surface area (Å²) in [6, 6.07) is 8.88. The van der Waals surface area contributed by atoms with E-state index in [1.54, 1.807) is 0 Å². The molecule has 1 aromatic carbocycles. The smallest absolute Gasteiger partial charge is 0.0375 e. The van der Waals surface area contributed by atoms with Crippen molar-refractivity contribution in [3.8, 4) is 0 Å². The van der Waals surface area contributed by atoms with Crippen LogP contribution in [0.1, 0.15) is 30.9 Å². The van der Waals surface area contributed by atoms with Gasteiger partial charge in [-0.1, -0.05) is 31.2 Å². The molecule has 3 nitrogen and oxygen atoms in total. The van der Waals surface area contributed by atoms with Crippen LogP contribution in [0.15, 0.2) is 24.3 Å². The van der Waals surface area contributed by atoms with Crippen LogP contribution in [0, 0.1) is 0 Å². The molecule has 0 fully saturated rings. The molecule has 0 heterocycles. The van der Waals surface area contributed by atoms with Gasteiger partial charge < -0.3 is 10.6 Å². The Kier molecular flexibility index (Phi) is 5.80. The van der Waals surface area contributed by atoms with Crippen molar-refractivity contribution in [1.29, 1.82) is 0 Å². The fourth-order valence-corrected chi connectivity index (χ4v) is 3.53. The third kappa shape index (κ3) is 3.85. The summed E-state index contributed by atoms with van der Waals surface area (Å²) < 4.78 is 0. The molecule has 1 aromatic rings. The zero-order valence-corrected chi connectivity index (χ0v) is 13.9. The molecule has 118 valence electrons. The normalized spacial score (nSPS) is 21.8. The highest BCUT2D eigenvalue weighted by Gasteiger charge is 2.37. The second kappa shape index (κ2) is 7.39. The first-order valence-electron chi connectivity index (χ1n) is 8.28. The molecule has 21 heavy (non-hydrogen) atoms. The predicted molar refractivity (Wildman–Crippen MR) is 90.7 cm³/mol. The van der Waals surface area contributed by atoms with Crippen LogP contribution in [0.25, 0.3) is 0 Å². The highest BCUT2D eigenvalue weighted by molar-refractivity contribution is 5.32. The maximum Gasteiger partial charge on any atom is 0.0375 e. The molecular weight excluding hydrogens is 258 g/mol. The molecule has 0 amide bonds. The van der Waals surface area contributed by atoms with Gasteiger partial charge in [0.2, 0.25) is 0 Å². The Labute approximate surface area is 130 Å². The summed E-state index contributed by atoms with van der Waals surface area (Å²) in [5.74, 6) is 0. The fourth-order valence-electron chi connectivity index (χ4n) is 3.53. The summed E-state index contributed by atoms with van der Waals surface area (Å²) in [7, 11) is 4.30. The summed E-state index contributed by atoms with van der Waals surface area (Å²) in [6.45, 7) is 6.38. The summed E-state index contributed by atoms with van der Waals surface area (Å²) in [4.78, 5) is 4.92. The number of aryl methyl sites for hydroxylation is 1. The van der Waals surface area contributed by atoms with Gasteiger partial charge in [-0.25, -0.2) is 0 Å². The number of nitrogens with two attached hydrogens (primary N) is 1. The van der Waals surface area contributed by atoms with E-state index in [-0.39, 0.29) is 5.54 Å². The number of nitrogens with zero attached hydrogens (tertiary/aromatic N) is 2. The summed E-state index contributed by atoms with van der Waals surface area (Å²) >= 11 is 0. The van der Waals surface area contributed by atoms with Crippen LogP contribution < -0.4 is 5.73 Å². The Balaban J connectivity index is 2.19. The topological polar surface area (TPSA) is 32.5 Å². The van der Waals surface area contributed by atoms with Gasteiger partial charge in [0, 0.05) is 25.2 Å². The van der Waals surface area contributed by atoms with Crippen LogP contribution >= 0.6 is 0 Å². The Morgan fingerprint density at radius 3 is 2.43 bits per heavy atom. The van der Waals surface area contributed by atoms with Crippen molar-refractivity contribution in [2.75, 3.05) is 40.3 Å². The van der Waals surface area contributed by atoms with E-state index in [2.05, 4.69) is 55.1 Å². The van der Waals surface area contributed by atoms with E-state index in [9.17, 15) is 0 Å². The average Bonchev–Trinajstić information content (AvgIpc) is 2.50. The molecule has 1 unspecified atom stereocenters. The third-order valence-corrected chi connectivity index (χ3v) is 4.86. The summed E-state index contributed by atoms with van der Waals surface area (Å²) in [6.07, 6.45) is 4.65. The molecule has 3 heteroatoms. The Hall–Kier alpha value is -0.900. The SMILES string of the molecule is CCCN(CCN(C)C)C1(CN)CCc2ccccc2C1. The van der Waals surface area contributed by atoms with Crippen LogP contribution in [-0.2, 0) is 12.8 Å². The quantitative estimate of drug-likeness (QED) is 0.835. The van der Waals surface area contributed by atoms with Crippen molar-refractivity contribution in [3.05, 3.63) is 35.4 Å². The molecule has 0 bridgehead atoms. The highest BCUT2D eigenvalue weighted by Crippen LogP contribution is 2.33. The second-order valence-corrected chi connectivity index (χ2v) is 6.66. The number of fused-ring (bicyclic) bond motifs is 1. The molecule has 0 saturated carbocycles. The van der Waals surface area contributed by atoms with Crippen molar-refractivity contribution < 1.29 is 0 Å². The van der Waals surface area contributed by atoms with Gasteiger partial charge in [0.1, 0.15) is 0 Å². The van der Waals surface area contributed by atoms with E-state index >= 15 is 0 Å². The molecule has 2 N–H and O–H groups in total. The van der Waals surface area contributed by atoms with Crippen molar-refractivity contribution in [3.63, 3.8) is 0 Å². The van der Waals surface area contributed by atoms with Gasteiger partial charge in [-0.3, -0.25) is 4.90 Å². The molecule has 1 aliphatic rings. The van der Waals surface area contributed by atoms with Gasteiger partial charge in [-0.05, 0) is 57.5 Å². The van der Waals surface area contributed by atoms with Gasteiger partial charge in [-0.2, -0.15) is 0 Å². The lowest BCUT2D eigenvalue weighted by atomic mass is 9.76. The number of likely N-dealkylation sites (N-methyl/N-ethyl adjacent to an activating group) is 1. The minimum absolute atomic E-state index is 0.153. The first kappa shape index (κ1) is 16.5. The molecule has 0 saturated heterocycles. The minimum Gasteiger partial charge on any atom is -0.329 e.